The summed E-state index contributed by atoms with van der Waals surface area (Å²) in [4.78, 5) is 16.0. The van der Waals surface area contributed by atoms with Gasteiger partial charge in [-0.1, -0.05) is 11.8 Å². The summed E-state index contributed by atoms with van der Waals surface area (Å²) in [7, 11) is 0. The van der Waals surface area contributed by atoms with E-state index in [4.69, 9.17) is 10.2 Å². The Morgan fingerprint density at radius 2 is 2.24 bits per heavy atom. The van der Waals surface area contributed by atoms with Crippen molar-refractivity contribution in [2.45, 2.75) is 25.5 Å². The number of hydrogen-bond donors (Lipinski definition) is 2. The lowest BCUT2D eigenvalue weighted by Gasteiger charge is -2.05. The van der Waals surface area contributed by atoms with Crippen LogP contribution in [-0.2, 0) is 4.79 Å². The Balaban J connectivity index is 1.80. The number of hydrogen-bond acceptors (Lipinski definition) is 5. The van der Waals surface area contributed by atoms with Crippen LogP contribution in [0.3, 0.4) is 0 Å². The number of oxazole rings is 1. The second-order valence-electron chi connectivity index (χ2n) is 4.50. The topological polar surface area (TPSA) is 81.2 Å². The SMILES string of the molecule is Cc1nc(SCCC(=O)Nc2ccc(F)c(N)c2)oc1C. The molecule has 5 nitrogen and oxygen atoms in total. The van der Waals surface area contributed by atoms with E-state index in [1.165, 1.54) is 30.0 Å². The number of benzene rings is 1. The van der Waals surface area contributed by atoms with Gasteiger partial charge in [0, 0.05) is 17.9 Å². The van der Waals surface area contributed by atoms with Gasteiger partial charge >= 0.3 is 0 Å². The first-order valence-corrected chi connectivity index (χ1v) is 7.36. The Labute approximate surface area is 126 Å². The molecule has 0 unspecified atom stereocenters. The van der Waals surface area contributed by atoms with Crippen LogP contribution in [0.1, 0.15) is 17.9 Å². The summed E-state index contributed by atoms with van der Waals surface area (Å²) in [5, 5.41) is 3.22. The van der Waals surface area contributed by atoms with E-state index in [2.05, 4.69) is 10.3 Å². The smallest absolute Gasteiger partial charge is 0.256 e. The molecule has 0 atom stereocenters. The molecule has 2 aromatic rings. The third-order valence-electron chi connectivity index (χ3n) is 2.84. The fourth-order valence-corrected chi connectivity index (χ4v) is 2.43. The number of rotatable bonds is 5. The largest absolute Gasteiger partial charge is 0.437 e. The third kappa shape index (κ3) is 4.22. The van der Waals surface area contributed by atoms with Crippen molar-refractivity contribution < 1.29 is 13.6 Å². The number of amides is 1. The molecule has 0 spiro atoms. The van der Waals surface area contributed by atoms with Crippen LogP contribution in [0.2, 0.25) is 0 Å². The van der Waals surface area contributed by atoms with Gasteiger partial charge in [0.2, 0.25) is 5.91 Å². The van der Waals surface area contributed by atoms with Gasteiger partial charge in [0.15, 0.2) is 0 Å². The van der Waals surface area contributed by atoms with Crippen molar-refractivity contribution in [3.8, 4) is 0 Å². The first-order chi connectivity index (χ1) is 9.95. The van der Waals surface area contributed by atoms with Crippen molar-refractivity contribution in [1.29, 1.82) is 0 Å². The molecule has 1 aromatic carbocycles. The Bertz CT molecular complexity index is 638. The highest BCUT2D eigenvalue weighted by molar-refractivity contribution is 7.99. The maximum absolute atomic E-state index is 13.0. The average Bonchev–Trinajstić information content (AvgIpc) is 2.73. The van der Waals surface area contributed by atoms with Crippen molar-refractivity contribution in [3.05, 3.63) is 35.5 Å². The fraction of sp³-hybridized carbons (Fsp3) is 0.286. The van der Waals surface area contributed by atoms with Crippen LogP contribution in [0.4, 0.5) is 15.8 Å². The quantitative estimate of drug-likeness (QED) is 0.655. The number of carbonyl (C=O) groups is 1. The summed E-state index contributed by atoms with van der Waals surface area (Å²) in [6, 6.07) is 4.08. The summed E-state index contributed by atoms with van der Waals surface area (Å²) in [5.41, 5.74) is 6.77. The first-order valence-electron chi connectivity index (χ1n) is 6.37. The van der Waals surface area contributed by atoms with E-state index in [9.17, 15) is 9.18 Å². The van der Waals surface area contributed by atoms with E-state index in [1.807, 2.05) is 13.8 Å². The minimum absolute atomic E-state index is 0.00732. The van der Waals surface area contributed by atoms with Crippen molar-refractivity contribution in [2.75, 3.05) is 16.8 Å². The van der Waals surface area contributed by atoms with E-state index >= 15 is 0 Å². The fourth-order valence-electron chi connectivity index (χ4n) is 1.58. The predicted octanol–water partition coefficient (Wildman–Crippen LogP) is 3.13. The monoisotopic (exact) mass is 309 g/mol. The molecule has 112 valence electrons. The van der Waals surface area contributed by atoms with Gasteiger partial charge in [0.1, 0.15) is 11.6 Å². The number of nitrogens with one attached hydrogen (secondary N) is 1. The molecule has 1 heterocycles. The zero-order valence-corrected chi connectivity index (χ0v) is 12.6. The molecule has 3 N–H and O–H groups in total. The molecule has 0 fully saturated rings. The molecular weight excluding hydrogens is 293 g/mol. The Hall–Kier alpha value is -2.02. The highest BCUT2D eigenvalue weighted by Gasteiger charge is 2.08. The summed E-state index contributed by atoms with van der Waals surface area (Å²) >= 11 is 1.38. The van der Waals surface area contributed by atoms with Gasteiger partial charge in [-0.2, -0.15) is 0 Å². The number of nitrogen functional groups attached to an aromatic ring is 1. The number of carbonyl (C=O) groups excluding carboxylic acids is 1. The lowest BCUT2D eigenvalue weighted by atomic mass is 10.2. The summed E-state index contributed by atoms with van der Waals surface area (Å²) in [6.45, 7) is 3.71. The Morgan fingerprint density at radius 3 is 2.86 bits per heavy atom. The van der Waals surface area contributed by atoms with Crippen molar-refractivity contribution in [2.24, 2.45) is 0 Å². The van der Waals surface area contributed by atoms with Gasteiger partial charge < -0.3 is 15.5 Å². The molecule has 0 radical (unpaired) electrons. The number of anilines is 2. The second-order valence-corrected chi connectivity index (χ2v) is 5.55. The number of aromatic nitrogens is 1. The van der Waals surface area contributed by atoms with Crippen LogP contribution in [-0.4, -0.2) is 16.6 Å². The van der Waals surface area contributed by atoms with Gasteiger partial charge in [-0.3, -0.25) is 4.79 Å². The van der Waals surface area contributed by atoms with Gasteiger partial charge in [0.05, 0.1) is 11.4 Å². The van der Waals surface area contributed by atoms with Crippen LogP contribution in [0.15, 0.2) is 27.8 Å². The summed E-state index contributed by atoms with van der Waals surface area (Å²) in [5.74, 6) is 0.650. The van der Waals surface area contributed by atoms with Gasteiger partial charge in [-0.25, -0.2) is 9.37 Å². The van der Waals surface area contributed by atoms with Crippen LogP contribution in [0.25, 0.3) is 0 Å². The lowest BCUT2D eigenvalue weighted by Crippen LogP contribution is -2.12. The number of thioether (sulfide) groups is 1. The zero-order valence-electron chi connectivity index (χ0n) is 11.8. The molecule has 0 bridgehead atoms. The molecule has 7 heteroatoms. The van der Waals surface area contributed by atoms with Crippen molar-refractivity contribution >= 4 is 29.0 Å². The number of aryl methyl sites for hydroxylation is 2. The average molecular weight is 309 g/mol. The van der Waals surface area contributed by atoms with Crippen LogP contribution in [0.5, 0.6) is 0 Å². The molecule has 0 aliphatic rings. The third-order valence-corrected chi connectivity index (χ3v) is 3.67. The van der Waals surface area contributed by atoms with E-state index < -0.39 is 5.82 Å². The van der Waals surface area contributed by atoms with Crippen LogP contribution in [0, 0.1) is 19.7 Å². The summed E-state index contributed by atoms with van der Waals surface area (Å²) in [6.07, 6.45) is 0.294. The normalized spacial score (nSPS) is 10.6. The molecule has 21 heavy (non-hydrogen) atoms. The van der Waals surface area contributed by atoms with Gasteiger partial charge in [-0.15, -0.1) is 0 Å². The highest BCUT2D eigenvalue weighted by atomic mass is 32.2. The summed E-state index contributed by atoms with van der Waals surface area (Å²) < 4.78 is 18.4. The minimum Gasteiger partial charge on any atom is -0.437 e. The molecule has 0 saturated heterocycles. The Morgan fingerprint density at radius 1 is 1.48 bits per heavy atom. The van der Waals surface area contributed by atoms with E-state index in [0.29, 0.717) is 23.1 Å². The molecular formula is C14H16FN3O2S. The molecule has 0 aliphatic carbocycles. The van der Waals surface area contributed by atoms with E-state index in [1.54, 1.807) is 0 Å². The molecule has 2 rings (SSSR count). The minimum atomic E-state index is -0.502. The second kappa shape index (κ2) is 6.62. The molecule has 0 aliphatic heterocycles. The van der Waals surface area contributed by atoms with Crippen molar-refractivity contribution in [1.82, 2.24) is 4.98 Å². The number of nitrogens with two attached hydrogens (primary N) is 1. The van der Waals surface area contributed by atoms with Crippen molar-refractivity contribution in [3.63, 3.8) is 0 Å². The maximum Gasteiger partial charge on any atom is 0.256 e. The van der Waals surface area contributed by atoms with Crippen LogP contribution < -0.4 is 11.1 Å². The number of halogens is 1. The number of nitrogens with zero attached hydrogens (tertiary/aromatic N) is 1. The molecule has 1 aromatic heterocycles. The highest BCUT2D eigenvalue weighted by Crippen LogP contribution is 2.21. The zero-order chi connectivity index (χ0) is 15.4. The van der Waals surface area contributed by atoms with Crippen LogP contribution >= 0.6 is 11.8 Å². The maximum atomic E-state index is 13.0. The van der Waals surface area contributed by atoms with Gasteiger partial charge in [-0.05, 0) is 32.0 Å². The molecule has 1 amide bonds. The van der Waals surface area contributed by atoms with Gasteiger partial charge in [0.25, 0.3) is 5.22 Å². The van der Waals surface area contributed by atoms with E-state index in [0.717, 1.165) is 11.5 Å². The standard InChI is InChI=1S/C14H16FN3O2S/c1-8-9(2)20-14(17-8)21-6-5-13(19)18-10-3-4-11(15)12(16)7-10/h3-4,7H,5-6,16H2,1-2H3,(H,18,19). The molecule has 0 saturated carbocycles. The van der Waals surface area contributed by atoms with E-state index in [-0.39, 0.29) is 11.6 Å². The first kappa shape index (κ1) is 15.4. The Kier molecular flexibility index (Phi) is 4.85. The lowest BCUT2D eigenvalue weighted by molar-refractivity contribution is -0.115. The predicted molar refractivity (Wildman–Crippen MR) is 80.8 cm³/mol.